The number of carbonyl (C=O) groups is 3. The number of quaternary nitrogens is 1. The van der Waals surface area contributed by atoms with Crippen molar-refractivity contribution in [2.45, 2.75) is 148 Å². The third kappa shape index (κ3) is 24.6. The van der Waals surface area contributed by atoms with Crippen LogP contribution < -0.4 is 5.11 Å². The number of ether oxygens (including phenoxy) is 3. The van der Waals surface area contributed by atoms with E-state index in [9.17, 15) is 19.5 Å². The van der Waals surface area contributed by atoms with Crippen molar-refractivity contribution in [3.8, 4) is 0 Å². The molecule has 0 bridgehead atoms. The minimum Gasteiger partial charge on any atom is -0.544 e. The Kier molecular flexibility index (Phi) is 25.5. The summed E-state index contributed by atoms with van der Waals surface area (Å²) < 4.78 is 16.5. The van der Waals surface area contributed by atoms with Gasteiger partial charge >= 0.3 is 11.9 Å². The lowest BCUT2D eigenvalue weighted by molar-refractivity contribution is -0.889. The Morgan fingerprint density at radius 2 is 1.24 bits per heavy atom. The predicted octanol–water partition coefficient (Wildman–Crippen LogP) is 6.29. The molecule has 0 amide bonds. The van der Waals surface area contributed by atoms with Gasteiger partial charge in [-0.2, -0.15) is 0 Å². The first-order chi connectivity index (χ1) is 20.1. The zero-order valence-electron chi connectivity index (χ0n) is 27.7. The van der Waals surface area contributed by atoms with E-state index in [2.05, 4.69) is 19.1 Å². The molecular weight excluding hydrogens is 534 g/mol. The average Bonchev–Trinajstić information content (AvgIpc) is 2.93. The largest absolute Gasteiger partial charge is 0.544 e. The summed E-state index contributed by atoms with van der Waals surface area (Å²) >= 11 is 0. The van der Waals surface area contributed by atoms with Crippen LogP contribution in [0, 0.1) is 0 Å². The smallest absolute Gasteiger partial charge is 0.306 e. The summed E-state index contributed by atoms with van der Waals surface area (Å²) in [6.45, 7) is 4.08. The number of unbranched alkanes of at least 4 members (excludes halogenated alkanes) is 14. The van der Waals surface area contributed by atoms with E-state index in [1.165, 1.54) is 83.5 Å². The summed E-state index contributed by atoms with van der Waals surface area (Å²) in [5.41, 5.74) is 0. The maximum absolute atomic E-state index is 12.4. The van der Waals surface area contributed by atoms with Crippen LogP contribution in [0.5, 0.6) is 0 Å². The third-order valence-electron chi connectivity index (χ3n) is 7.46. The lowest BCUT2D eigenvalue weighted by atomic mass is 10.1. The summed E-state index contributed by atoms with van der Waals surface area (Å²) in [4.78, 5) is 35.4. The number of nitrogens with zero attached hydrogens (tertiary/aromatic N) is 1. The summed E-state index contributed by atoms with van der Waals surface area (Å²) in [6.07, 6.45) is 24.5. The molecule has 8 heteroatoms. The predicted molar refractivity (Wildman–Crippen MR) is 167 cm³/mol. The number of rotatable bonds is 29. The van der Waals surface area contributed by atoms with E-state index in [0.29, 0.717) is 6.42 Å². The maximum atomic E-state index is 12.4. The fourth-order valence-electron chi connectivity index (χ4n) is 4.75. The number of carboxylic acid groups (broad SMARTS) is 1. The first-order valence-corrected chi connectivity index (χ1v) is 16.7. The van der Waals surface area contributed by atoms with Crippen LogP contribution in [0.1, 0.15) is 136 Å². The summed E-state index contributed by atoms with van der Waals surface area (Å²) in [5.74, 6) is -1.84. The Balaban J connectivity index is 3.99. The van der Waals surface area contributed by atoms with Crippen LogP contribution in [-0.2, 0) is 28.6 Å². The molecule has 0 aliphatic rings. The fraction of sp³-hybridized carbons (Fsp3) is 0.853. The lowest BCUT2D eigenvalue weighted by Crippen LogP contribution is -2.55. The molecule has 0 saturated heterocycles. The second-order valence-corrected chi connectivity index (χ2v) is 12.4. The summed E-state index contributed by atoms with van der Waals surface area (Å²) in [6, 6.07) is -0.717. The molecule has 0 aromatic carbocycles. The number of carbonyl (C=O) groups excluding carboxylic acids is 3. The van der Waals surface area contributed by atoms with E-state index in [-0.39, 0.29) is 49.1 Å². The van der Waals surface area contributed by atoms with E-state index < -0.39 is 18.1 Å². The minimum atomic E-state index is -1.13. The van der Waals surface area contributed by atoms with Crippen molar-refractivity contribution in [1.29, 1.82) is 0 Å². The highest BCUT2D eigenvalue weighted by molar-refractivity contribution is 5.70. The van der Waals surface area contributed by atoms with Gasteiger partial charge in [0.1, 0.15) is 12.6 Å². The Hall–Kier alpha value is -1.93. The average molecular weight is 598 g/mol. The van der Waals surface area contributed by atoms with Crippen LogP contribution in [-0.4, -0.2) is 75.5 Å². The van der Waals surface area contributed by atoms with Crippen molar-refractivity contribution in [1.82, 2.24) is 0 Å². The van der Waals surface area contributed by atoms with E-state index in [4.69, 9.17) is 14.2 Å². The number of likely N-dealkylation sites (N-methyl/N-ethyl adjacent to an activating group) is 1. The standard InChI is InChI=1S/C34H63NO7/c1-6-8-9-10-11-12-13-14-15-16-17-18-19-20-21-22-23-24-25-33(37)42-30(29-41-32(36)7-2)28-40-27-26-31(34(38)39)35(3,4)5/h15-16,30-31H,6-14,17-29H2,1-5H3/b16-15-. The monoisotopic (exact) mass is 597 g/mol. The van der Waals surface area contributed by atoms with Crippen molar-refractivity contribution in [3.05, 3.63) is 12.2 Å². The molecule has 0 aliphatic carbocycles. The number of allylic oxidation sites excluding steroid dienone is 2. The van der Waals surface area contributed by atoms with Gasteiger partial charge in [-0.3, -0.25) is 9.59 Å². The molecule has 2 unspecified atom stereocenters. The number of hydrogen-bond acceptors (Lipinski definition) is 7. The zero-order valence-corrected chi connectivity index (χ0v) is 27.7. The van der Waals surface area contributed by atoms with Gasteiger partial charge in [0.15, 0.2) is 6.10 Å². The number of hydrogen-bond donors (Lipinski definition) is 0. The van der Waals surface area contributed by atoms with Gasteiger partial charge in [0.05, 0.1) is 40.3 Å². The van der Waals surface area contributed by atoms with Gasteiger partial charge < -0.3 is 28.6 Å². The van der Waals surface area contributed by atoms with Crippen molar-refractivity contribution >= 4 is 17.9 Å². The van der Waals surface area contributed by atoms with Crippen LogP contribution >= 0.6 is 0 Å². The molecule has 42 heavy (non-hydrogen) atoms. The van der Waals surface area contributed by atoms with E-state index in [0.717, 1.165) is 19.3 Å². The van der Waals surface area contributed by atoms with Gasteiger partial charge in [0.25, 0.3) is 0 Å². The van der Waals surface area contributed by atoms with Crippen LogP contribution in [0.4, 0.5) is 0 Å². The van der Waals surface area contributed by atoms with Crippen molar-refractivity contribution in [3.63, 3.8) is 0 Å². The van der Waals surface area contributed by atoms with Crippen molar-refractivity contribution in [2.75, 3.05) is 41.0 Å². The van der Waals surface area contributed by atoms with Crippen LogP contribution in [0.2, 0.25) is 0 Å². The molecule has 0 radical (unpaired) electrons. The van der Waals surface area contributed by atoms with Crippen molar-refractivity contribution < 1.29 is 38.2 Å². The molecule has 8 nitrogen and oxygen atoms in total. The first kappa shape index (κ1) is 40.1. The minimum absolute atomic E-state index is 0.0357. The van der Waals surface area contributed by atoms with Crippen LogP contribution in [0.25, 0.3) is 0 Å². The highest BCUT2D eigenvalue weighted by atomic mass is 16.6. The van der Waals surface area contributed by atoms with Crippen LogP contribution in [0.15, 0.2) is 12.2 Å². The second-order valence-electron chi connectivity index (χ2n) is 12.4. The number of esters is 2. The van der Waals surface area contributed by atoms with Gasteiger partial charge in [0, 0.05) is 19.3 Å². The molecule has 0 aliphatic heterocycles. The Morgan fingerprint density at radius 3 is 1.74 bits per heavy atom. The quantitative estimate of drug-likeness (QED) is 0.0432. The molecule has 0 heterocycles. The van der Waals surface area contributed by atoms with Crippen LogP contribution in [0.3, 0.4) is 0 Å². The maximum Gasteiger partial charge on any atom is 0.306 e. The van der Waals surface area contributed by atoms with Gasteiger partial charge in [-0.1, -0.05) is 96.6 Å². The highest BCUT2D eigenvalue weighted by Gasteiger charge is 2.25. The molecule has 0 rings (SSSR count). The van der Waals surface area contributed by atoms with E-state index in [1.54, 1.807) is 28.1 Å². The Bertz CT molecular complexity index is 717. The lowest BCUT2D eigenvalue weighted by Gasteiger charge is -2.34. The van der Waals surface area contributed by atoms with Gasteiger partial charge in [-0.25, -0.2) is 0 Å². The topological polar surface area (TPSA) is 102 Å². The van der Waals surface area contributed by atoms with Gasteiger partial charge in [0.2, 0.25) is 0 Å². The Labute approximate surface area is 257 Å². The zero-order chi connectivity index (χ0) is 31.5. The molecule has 246 valence electrons. The molecule has 0 aromatic rings. The van der Waals surface area contributed by atoms with Crippen molar-refractivity contribution in [2.24, 2.45) is 0 Å². The third-order valence-corrected chi connectivity index (χ3v) is 7.46. The highest BCUT2D eigenvalue weighted by Crippen LogP contribution is 2.13. The molecular formula is C34H63NO7. The normalized spacial score (nSPS) is 13.3. The molecule has 0 N–H and O–H groups in total. The SMILES string of the molecule is CCCCCCCCC/C=C\CCCCCCCCCC(=O)OC(COCCC(C(=O)[O-])[N+](C)(C)C)COC(=O)CC. The molecule has 0 spiro atoms. The molecule has 2 atom stereocenters. The summed E-state index contributed by atoms with van der Waals surface area (Å²) in [5, 5.41) is 11.4. The molecule has 0 saturated carbocycles. The molecule has 0 aromatic heterocycles. The van der Waals surface area contributed by atoms with E-state index >= 15 is 0 Å². The first-order valence-electron chi connectivity index (χ1n) is 16.7. The van der Waals surface area contributed by atoms with E-state index in [1.807, 2.05) is 0 Å². The fourth-order valence-corrected chi connectivity index (χ4v) is 4.75. The Morgan fingerprint density at radius 1 is 0.714 bits per heavy atom. The molecule has 0 fully saturated rings. The number of carboxylic acids is 1. The number of aliphatic carboxylic acids is 1. The second kappa shape index (κ2) is 26.7. The van der Waals surface area contributed by atoms with Gasteiger partial charge in [-0.05, 0) is 32.1 Å². The summed E-state index contributed by atoms with van der Waals surface area (Å²) in [7, 11) is 5.35. The van der Waals surface area contributed by atoms with Gasteiger partial charge in [-0.15, -0.1) is 0 Å².